The molecule has 170 valence electrons. The fraction of sp³-hybridized carbons (Fsp3) is 0.391. The Hall–Kier alpha value is -2.43. The van der Waals surface area contributed by atoms with Crippen molar-refractivity contribution in [2.75, 3.05) is 11.5 Å². The molecule has 0 unspecified atom stereocenters. The number of benzene rings is 2. The lowest BCUT2D eigenvalue weighted by Crippen LogP contribution is -2.45. The van der Waals surface area contributed by atoms with Crippen molar-refractivity contribution in [1.82, 2.24) is 0 Å². The molecule has 1 amide bonds. The van der Waals surface area contributed by atoms with Gasteiger partial charge in [-0.25, -0.2) is 4.79 Å². The summed E-state index contributed by atoms with van der Waals surface area (Å²) in [5.74, 6) is -1.42. The monoisotopic (exact) mass is 484 g/mol. The highest BCUT2D eigenvalue weighted by Gasteiger charge is 2.42. The summed E-state index contributed by atoms with van der Waals surface area (Å²) in [6.07, 6.45) is -4.38. The largest absolute Gasteiger partial charge is 0.449 e. The number of halogens is 5. The van der Waals surface area contributed by atoms with Crippen LogP contribution in [0.4, 0.5) is 23.7 Å². The third-order valence-corrected chi connectivity index (χ3v) is 6.06. The lowest BCUT2D eigenvalue weighted by atomic mass is 9.74. The van der Waals surface area contributed by atoms with E-state index in [0.29, 0.717) is 27.7 Å². The van der Waals surface area contributed by atoms with Crippen molar-refractivity contribution >= 4 is 35.0 Å². The van der Waals surface area contributed by atoms with E-state index in [1.165, 1.54) is 17.0 Å². The third kappa shape index (κ3) is 4.82. The SMILES string of the molecule is CCOC(=O)N1c2ccc(C(F)(F)F)cc2[C@@H]([C@@H](C#N)c2cc(Cl)cc(Cl)c2)C[C@H]1CC. The van der Waals surface area contributed by atoms with Crippen LogP contribution >= 0.6 is 23.2 Å². The minimum absolute atomic E-state index is 0.132. The Balaban J connectivity index is 2.21. The van der Waals surface area contributed by atoms with Gasteiger partial charge in [-0.1, -0.05) is 30.1 Å². The second-order valence-electron chi connectivity index (χ2n) is 7.55. The van der Waals surface area contributed by atoms with E-state index in [4.69, 9.17) is 27.9 Å². The van der Waals surface area contributed by atoms with E-state index < -0.39 is 29.7 Å². The number of nitrogens with zero attached hydrogens (tertiary/aromatic N) is 2. The van der Waals surface area contributed by atoms with E-state index in [2.05, 4.69) is 6.07 Å². The molecule has 3 atom stereocenters. The fourth-order valence-electron chi connectivity index (χ4n) is 4.23. The second-order valence-corrected chi connectivity index (χ2v) is 8.43. The van der Waals surface area contributed by atoms with Crippen molar-refractivity contribution in [3.8, 4) is 6.07 Å². The summed E-state index contributed by atoms with van der Waals surface area (Å²) in [5.41, 5.74) is 0.242. The maximum Gasteiger partial charge on any atom is 0.416 e. The van der Waals surface area contributed by atoms with Crippen molar-refractivity contribution in [3.05, 3.63) is 63.1 Å². The van der Waals surface area contributed by atoms with Crippen LogP contribution in [-0.4, -0.2) is 18.7 Å². The lowest BCUT2D eigenvalue weighted by Gasteiger charge is -2.41. The van der Waals surface area contributed by atoms with Gasteiger partial charge in [-0.05, 0) is 67.3 Å². The van der Waals surface area contributed by atoms with Crippen LogP contribution in [0.1, 0.15) is 55.2 Å². The number of hydrogen-bond donors (Lipinski definition) is 0. The van der Waals surface area contributed by atoms with Gasteiger partial charge in [-0.2, -0.15) is 18.4 Å². The topological polar surface area (TPSA) is 53.3 Å². The van der Waals surface area contributed by atoms with Crippen molar-refractivity contribution in [3.63, 3.8) is 0 Å². The minimum Gasteiger partial charge on any atom is -0.449 e. The van der Waals surface area contributed by atoms with Gasteiger partial charge >= 0.3 is 12.3 Å². The number of carbonyl (C=O) groups is 1. The molecule has 4 nitrogen and oxygen atoms in total. The quantitative estimate of drug-likeness (QED) is 0.449. The molecule has 2 aromatic carbocycles. The highest BCUT2D eigenvalue weighted by Crippen LogP contribution is 2.48. The lowest BCUT2D eigenvalue weighted by molar-refractivity contribution is -0.137. The maximum absolute atomic E-state index is 13.5. The number of nitriles is 1. The number of amides is 1. The maximum atomic E-state index is 13.5. The molecule has 0 spiro atoms. The Bertz CT molecular complexity index is 1030. The van der Waals surface area contributed by atoms with Gasteiger partial charge < -0.3 is 4.74 Å². The molecule has 0 saturated heterocycles. The van der Waals surface area contributed by atoms with Gasteiger partial charge in [0.15, 0.2) is 0 Å². The van der Waals surface area contributed by atoms with Crippen LogP contribution in [-0.2, 0) is 10.9 Å². The highest BCUT2D eigenvalue weighted by atomic mass is 35.5. The molecule has 32 heavy (non-hydrogen) atoms. The number of anilines is 1. The van der Waals surface area contributed by atoms with E-state index in [-0.39, 0.29) is 24.6 Å². The Kier molecular flexibility index (Phi) is 7.26. The van der Waals surface area contributed by atoms with Crippen LogP contribution in [0.25, 0.3) is 0 Å². The zero-order valence-electron chi connectivity index (χ0n) is 17.4. The molecule has 0 aliphatic carbocycles. The van der Waals surface area contributed by atoms with E-state index in [1.807, 2.05) is 6.92 Å². The molecule has 0 fully saturated rings. The highest BCUT2D eigenvalue weighted by molar-refractivity contribution is 6.34. The number of hydrogen-bond acceptors (Lipinski definition) is 3. The first-order valence-corrected chi connectivity index (χ1v) is 10.9. The van der Waals surface area contributed by atoms with Crippen LogP contribution in [0.3, 0.4) is 0 Å². The van der Waals surface area contributed by atoms with Crippen LogP contribution in [0.5, 0.6) is 0 Å². The molecule has 9 heteroatoms. The summed E-state index contributed by atoms with van der Waals surface area (Å²) in [7, 11) is 0. The van der Waals surface area contributed by atoms with Crippen molar-refractivity contribution in [2.24, 2.45) is 0 Å². The Labute approximate surface area is 194 Å². The molecule has 1 aliphatic heterocycles. The first kappa shape index (κ1) is 24.2. The normalized spacial score (nSPS) is 19.1. The Morgan fingerprint density at radius 3 is 2.41 bits per heavy atom. The van der Waals surface area contributed by atoms with Crippen molar-refractivity contribution in [1.29, 1.82) is 5.26 Å². The first-order chi connectivity index (χ1) is 15.1. The molecule has 0 saturated carbocycles. The fourth-order valence-corrected chi connectivity index (χ4v) is 4.77. The molecule has 0 N–H and O–H groups in total. The van der Waals surface area contributed by atoms with Gasteiger partial charge in [0.25, 0.3) is 0 Å². The summed E-state index contributed by atoms with van der Waals surface area (Å²) in [6, 6.07) is 9.82. The van der Waals surface area contributed by atoms with Crippen LogP contribution in [0, 0.1) is 11.3 Å². The molecule has 1 aliphatic rings. The first-order valence-electron chi connectivity index (χ1n) is 10.1. The van der Waals surface area contributed by atoms with Gasteiger partial charge in [0.1, 0.15) is 0 Å². The predicted octanol–water partition coefficient (Wildman–Crippen LogP) is 7.55. The Morgan fingerprint density at radius 2 is 1.88 bits per heavy atom. The van der Waals surface area contributed by atoms with E-state index in [1.54, 1.807) is 19.1 Å². The van der Waals surface area contributed by atoms with E-state index in [9.17, 15) is 23.2 Å². The summed E-state index contributed by atoms with van der Waals surface area (Å²) in [4.78, 5) is 14.1. The summed E-state index contributed by atoms with van der Waals surface area (Å²) in [6.45, 7) is 3.67. The predicted molar refractivity (Wildman–Crippen MR) is 117 cm³/mol. The summed E-state index contributed by atoms with van der Waals surface area (Å²) >= 11 is 12.2. The van der Waals surface area contributed by atoms with Crippen LogP contribution < -0.4 is 4.90 Å². The number of carbonyl (C=O) groups excluding carboxylic acids is 1. The van der Waals surface area contributed by atoms with E-state index in [0.717, 1.165) is 12.1 Å². The molecule has 0 aromatic heterocycles. The van der Waals surface area contributed by atoms with E-state index >= 15 is 0 Å². The van der Waals surface area contributed by atoms with Crippen molar-refractivity contribution in [2.45, 2.75) is 50.7 Å². The molecule has 2 aromatic rings. The molecular weight excluding hydrogens is 464 g/mol. The zero-order valence-corrected chi connectivity index (χ0v) is 18.9. The number of ether oxygens (including phenoxy) is 1. The smallest absolute Gasteiger partial charge is 0.416 e. The molecule has 1 heterocycles. The van der Waals surface area contributed by atoms with Gasteiger partial charge in [-0.15, -0.1) is 0 Å². The van der Waals surface area contributed by atoms with Crippen LogP contribution in [0.2, 0.25) is 10.0 Å². The summed E-state index contributed by atoms with van der Waals surface area (Å²) < 4.78 is 45.7. The standard InChI is InChI=1S/C23H21Cl2F3N2O2/c1-3-17-11-18(20(12-29)13-7-15(24)10-16(25)8-13)19-9-14(23(26,27)28)5-6-21(19)30(17)22(31)32-4-2/h5-10,17-18,20H,3-4,11H2,1-2H3/t17-,18+,20+/m1/s1. The minimum atomic E-state index is -4.57. The number of fused-ring (bicyclic) bond motifs is 1. The zero-order chi connectivity index (χ0) is 23.6. The van der Waals surface area contributed by atoms with Gasteiger partial charge in [0.2, 0.25) is 0 Å². The molecule has 0 bridgehead atoms. The second kappa shape index (κ2) is 9.60. The average molecular weight is 485 g/mol. The number of rotatable bonds is 4. The summed E-state index contributed by atoms with van der Waals surface area (Å²) in [5, 5.41) is 10.7. The number of alkyl halides is 3. The van der Waals surface area contributed by atoms with Gasteiger partial charge in [-0.3, -0.25) is 4.90 Å². The van der Waals surface area contributed by atoms with Crippen molar-refractivity contribution < 1.29 is 22.7 Å². The van der Waals surface area contributed by atoms with Gasteiger partial charge in [0.05, 0.1) is 29.8 Å². The third-order valence-electron chi connectivity index (χ3n) is 5.63. The Morgan fingerprint density at radius 1 is 1.22 bits per heavy atom. The molecule has 3 rings (SSSR count). The molecule has 0 radical (unpaired) electrons. The molecular formula is C23H21Cl2F3N2O2. The van der Waals surface area contributed by atoms with Crippen LogP contribution in [0.15, 0.2) is 36.4 Å². The van der Waals surface area contributed by atoms with Gasteiger partial charge in [0, 0.05) is 22.0 Å². The average Bonchev–Trinajstić information content (AvgIpc) is 2.72.